The lowest BCUT2D eigenvalue weighted by Crippen LogP contribution is -2.28. The summed E-state index contributed by atoms with van der Waals surface area (Å²) in [7, 11) is 1.77. The van der Waals surface area contributed by atoms with Crippen LogP contribution in [-0.4, -0.2) is 67.6 Å². The van der Waals surface area contributed by atoms with Gasteiger partial charge in [-0.3, -0.25) is 0 Å². The van der Waals surface area contributed by atoms with Crippen LogP contribution in [0.5, 0.6) is 11.5 Å². The zero-order valence-corrected chi connectivity index (χ0v) is 17.7. The average molecular weight is 403 g/mol. The van der Waals surface area contributed by atoms with Gasteiger partial charge >= 0.3 is 0 Å². The van der Waals surface area contributed by atoms with E-state index in [9.17, 15) is 0 Å². The molecule has 0 radical (unpaired) electrons. The molecule has 2 aromatic rings. The van der Waals surface area contributed by atoms with Crippen LogP contribution in [0.1, 0.15) is 18.9 Å². The molecule has 0 saturated carbocycles. The molecule has 1 aliphatic heterocycles. The number of nitrogens with zero attached hydrogens (tertiary/aromatic N) is 3. The van der Waals surface area contributed by atoms with Crippen LogP contribution in [0.4, 0.5) is 0 Å². The molecule has 1 aliphatic rings. The topological polar surface area (TPSA) is 60.8 Å². The third-order valence-electron chi connectivity index (χ3n) is 5.22. The molecule has 7 nitrogen and oxygen atoms in total. The summed E-state index contributed by atoms with van der Waals surface area (Å²) in [5, 5.41) is 3.61. The Morgan fingerprint density at radius 1 is 1.17 bits per heavy atom. The van der Waals surface area contributed by atoms with E-state index >= 15 is 0 Å². The first-order valence-corrected chi connectivity index (χ1v) is 10.5. The van der Waals surface area contributed by atoms with Crippen LogP contribution in [0.25, 0.3) is 0 Å². The van der Waals surface area contributed by atoms with E-state index in [1.165, 1.54) is 18.5 Å². The monoisotopic (exact) mass is 402 g/mol. The fourth-order valence-corrected chi connectivity index (χ4v) is 3.65. The molecule has 1 saturated heterocycles. The third-order valence-corrected chi connectivity index (χ3v) is 5.22. The lowest BCUT2D eigenvalue weighted by Gasteiger charge is -2.16. The highest BCUT2D eigenvalue weighted by Gasteiger charge is 2.21. The van der Waals surface area contributed by atoms with Crippen molar-refractivity contribution >= 4 is 0 Å². The Labute approximate surface area is 174 Å². The van der Waals surface area contributed by atoms with E-state index < -0.39 is 0 Å². The minimum Gasteiger partial charge on any atom is -0.490 e. The SMILES string of the molecule is CCOc1cc(CNCC2CCN(CCOC)C2)ccc1OCCn1ccnc1. The molecule has 0 spiro atoms. The quantitative estimate of drug-likeness (QED) is 0.555. The molecule has 1 aromatic carbocycles. The molecule has 0 amide bonds. The summed E-state index contributed by atoms with van der Waals surface area (Å²) in [4.78, 5) is 6.53. The molecule has 3 rings (SSSR count). The van der Waals surface area contributed by atoms with E-state index in [-0.39, 0.29) is 0 Å². The molecule has 0 bridgehead atoms. The summed E-state index contributed by atoms with van der Waals surface area (Å²) in [5.74, 6) is 2.31. The predicted molar refractivity (Wildman–Crippen MR) is 113 cm³/mol. The van der Waals surface area contributed by atoms with E-state index in [1.54, 1.807) is 19.6 Å². The van der Waals surface area contributed by atoms with Gasteiger partial charge in [0.05, 0.1) is 26.1 Å². The van der Waals surface area contributed by atoms with Crippen molar-refractivity contribution in [3.63, 3.8) is 0 Å². The predicted octanol–water partition coefficient (Wildman–Crippen LogP) is 2.42. The summed E-state index contributed by atoms with van der Waals surface area (Å²) in [5.41, 5.74) is 1.21. The number of methoxy groups -OCH3 is 1. The molecule has 1 atom stereocenters. The van der Waals surface area contributed by atoms with Crippen LogP contribution in [0.15, 0.2) is 36.9 Å². The molecule has 0 aliphatic carbocycles. The summed E-state index contributed by atoms with van der Waals surface area (Å²) in [6.07, 6.45) is 6.76. The molecule has 1 N–H and O–H groups in total. The standard InChI is InChI=1S/C22H34N4O3/c1-3-28-22-14-19(4-5-21(22)29-13-11-26-9-7-23-18-26)15-24-16-20-6-8-25(17-20)10-12-27-2/h4-5,7,9,14,18,20,24H,3,6,8,10-13,15-17H2,1-2H3. The Bertz CT molecular complexity index is 708. The van der Waals surface area contributed by atoms with Crippen LogP contribution < -0.4 is 14.8 Å². The Hall–Kier alpha value is -2.09. The van der Waals surface area contributed by atoms with Gasteiger partial charge in [-0.15, -0.1) is 0 Å². The summed E-state index contributed by atoms with van der Waals surface area (Å²) >= 11 is 0. The number of likely N-dealkylation sites (tertiary alicyclic amines) is 1. The van der Waals surface area contributed by atoms with E-state index in [1.807, 2.05) is 23.8 Å². The van der Waals surface area contributed by atoms with Gasteiger partial charge in [0.2, 0.25) is 0 Å². The minimum absolute atomic E-state index is 0.579. The van der Waals surface area contributed by atoms with E-state index in [0.717, 1.165) is 50.8 Å². The first-order chi connectivity index (χ1) is 14.3. The Kier molecular flexibility index (Phi) is 8.80. The van der Waals surface area contributed by atoms with Crippen molar-refractivity contribution in [1.82, 2.24) is 19.8 Å². The maximum Gasteiger partial charge on any atom is 0.161 e. The number of imidazole rings is 1. The van der Waals surface area contributed by atoms with Gasteiger partial charge in [0.1, 0.15) is 6.61 Å². The van der Waals surface area contributed by atoms with E-state index in [2.05, 4.69) is 27.3 Å². The second-order valence-corrected chi connectivity index (χ2v) is 7.44. The minimum atomic E-state index is 0.579. The van der Waals surface area contributed by atoms with Crippen molar-refractivity contribution in [3.05, 3.63) is 42.5 Å². The maximum atomic E-state index is 5.94. The molecule has 1 fully saturated rings. The van der Waals surface area contributed by atoms with Gasteiger partial charge in [-0.25, -0.2) is 4.98 Å². The van der Waals surface area contributed by atoms with Crippen LogP contribution in [0, 0.1) is 5.92 Å². The average Bonchev–Trinajstić information content (AvgIpc) is 3.40. The number of ether oxygens (including phenoxy) is 3. The zero-order chi connectivity index (χ0) is 20.3. The van der Waals surface area contributed by atoms with Gasteiger partial charge in [-0.1, -0.05) is 6.07 Å². The van der Waals surface area contributed by atoms with Gasteiger partial charge in [-0.2, -0.15) is 0 Å². The van der Waals surface area contributed by atoms with E-state index in [0.29, 0.717) is 19.1 Å². The molecule has 1 unspecified atom stereocenters. The van der Waals surface area contributed by atoms with Crippen molar-refractivity contribution < 1.29 is 14.2 Å². The number of nitrogens with one attached hydrogen (secondary N) is 1. The van der Waals surface area contributed by atoms with Crippen LogP contribution in [-0.2, 0) is 17.8 Å². The molecule has 2 heterocycles. The number of hydrogen-bond donors (Lipinski definition) is 1. The van der Waals surface area contributed by atoms with E-state index in [4.69, 9.17) is 14.2 Å². The molecular formula is C22H34N4O3. The normalized spacial score (nSPS) is 17.0. The zero-order valence-electron chi connectivity index (χ0n) is 17.7. The maximum absolute atomic E-state index is 5.94. The third kappa shape index (κ3) is 7.03. The van der Waals surface area contributed by atoms with Gasteiger partial charge in [0.25, 0.3) is 0 Å². The fourth-order valence-electron chi connectivity index (χ4n) is 3.65. The van der Waals surface area contributed by atoms with Gasteiger partial charge in [0, 0.05) is 39.1 Å². The molecular weight excluding hydrogens is 368 g/mol. The Morgan fingerprint density at radius 2 is 2.10 bits per heavy atom. The van der Waals surface area contributed by atoms with Gasteiger partial charge in [0.15, 0.2) is 11.5 Å². The molecule has 160 valence electrons. The second kappa shape index (κ2) is 11.8. The summed E-state index contributed by atoms with van der Waals surface area (Å²) in [6.45, 7) is 10.0. The van der Waals surface area contributed by atoms with Crippen molar-refractivity contribution in [1.29, 1.82) is 0 Å². The Balaban J connectivity index is 1.44. The first-order valence-electron chi connectivity index (χ1n) is 10.5. The highest BCUT2D eigenvalue weighted by molar-refractivity contribution is 5.43. The molecule has 1 aromatic heterocycles. The van der Waals surface area contributed by atoms with Crippen molar-refractivity contribution in [2.45, 2.75) is 26.4 Å². The lowest BCUT2D eigenvalue weighted by molar-refractivity contribution is 0.159. The number of aromatic nitrogens is 2. The van der Waals surface area contributed by atoms with Crippen molar-refractivity contribution in [3.8, 4) is 11.5 Å². The lowest BCUT2D eigenvalue weighted by atomic mass is 10.1. The molecule has 7 heteroatoms. The van der Waals surface area contributed by atoms with Crippen LogP contribution in [0.3, 0.4) is 0 Å². The second-order valence-electron chi connectivity index (χ2n) is 7.44. The smallest absolute Gasteiger partial charge is 0.161 e. The highest BCUT2D eigenvalue weighted by Crippen LogP contribution is 2.28. The van der Waals surface area contributed by atoms with Gasteiger partial charge < -0.3 is 29.0 Å². The summed E-state index contributed by atoms with van der Waals surface area (Å²) < 4.78 is 18.9. The van der Waals surface area contributed by atoms with Crippen LogP contribution in [0.2, 0.25) is 0 Å². The van der Waals surface area contributed by atoms with Gasteiger partial charge in [-0.05, 0) is 50.0 Å². The van der Waals surface area contributed by atoms with Crippen LogP contribution >= 0.6 is 0 Å². The first kappa shape index (κ1) is 21.6. The molecule has 29 heavy (non-hydrogen) atoms. The number of benzene rings is 1. The summed E-state index contributed by atoms with van der Waals surface area (Å²) in [6, 6.07) is 6.21. The number of rotatable bonds is 13. The fraction of sp³-hybridized carbons (Fsp3) is 0.591. The largest absolute Gasteiger partial charge is 0.490 e. The Morgan fingerprint density at radius 3 is 2.90 bits per heavy atom. The van der Waals surface area contributed by atoms with Crippen molar-refractivity contribution in [2.75, 3.05) is 53.1 Å². The highest BCUT2D eigenvalue weighted by atomic mass is 16.5. The van der Waals surface area contributed by atoms with Crippen molar-refractivity contribution in [2.24, 2.45) is 5.92 Å². The number of hydrogen-bond acceptors (Lipinski definition) is 6.